The zero-order valence-electron chi connectivity index (χ0n) is 32.0. The molecule has 0 saturated carbocycles. The average molecular weight is 736 g/mol. The van der Waals surface area contributed by atoms with Gasteiger partial charge >= 0.3 is 0 Å². The molecule has 1 aliphatic heterocycles. The van der Waals surface area contributed by atoms with Crippen molar-refractivity contribution < 1.29 is 9.30 Å². The van der Waals surface area contributed by atoms with Crippen LogP contribution in [0.5, 0.6) is 11.5 Å². The van der Waals surface area contributed by atoms with Crippen LogP contribution in [0.2, 0.25) is 0 Å². The smallest absolute Gasteiger partial charge is 0.255 e. The van der Waals surface area contributed by atoms with Crippen molar-refractivity contribution in [3.63, 3.8) is 0 Å². The van der Waals surface area contributed by atoms with Crippen molar-refractivity contribution in [3.8, 4) is 62.1 Å². The summed E-state index contributed by atoms with van der Waals surface area (Å²) in [7, 11) is 0. The van der Waals surface area contributed by atoms with Crippen LogP contribution in [-0.2, 0) is 5.41 Å². The number of nitrogens with zero attached hydrogens (tertiary/aromatic N) is 4. The number of benzene rings is 7. The summed E-state index contributed by atoms with van der Waals surface area (Å²) >= 11 is 0. The molecule has 0 radical (unpaired) electrons. The third-order valence-corrected chi connectivity index (χ3v) is 11.5. The molecule has 3 aromatic heterocycles. The van der Waals surface area contributed by atoms with Crippen LogP contribution in [0, 0.1) is 0 Å². The second kappa shape index (κ2) is 12.7. The summed E-state index contributed by atoms with van der Waals surface area (Å²) in [6.45, 7) is 6.71. The summed E-state index contributed by atoms with van der Waals surface area (Å²) in [5.74, 6) is 2.41. The summed E-state index contributed by atoms with van der Waals surface area (Å²) in [5.41, 5.74) is 15.1. The van der Waals surface area contributed by atoms with E-state index in [-0.39, 0.29) is 5.41 Å². The molecule has 57 heavy (non-hydrogen) atoms. The average Bonchev–Trinajstić information content (AvgIpc) is 3.80. The minimum atomic E-state index is -0.00356. The largest absolute Gasteiger partial charge is 0.457 e. The van der Waals surface area contributed by atoms with E-state index in [1.807, 2.05) is 12.3 Å². The first-order valence-corrected chi connectivity index (χ1v) is 19.5. The van der Waals surface area contributed by atoms with Gasteiger partial charge in [0.2, 0.25) is 0 Å². The monoisotopic (exact) mass is 735 g/mol. The third-order valence-electron chi connectivity index (χ3n) is 11.5. The van der Waals surface area contributed by atoms with Gasteiger partial charge in [-0.3, -0.25) is 4.57 Å². The maximum Gasteiger partial charge on any atom is 0.255 e. The van der Waals surface area contributed by atoms with Crippen molar-refractivity contribution in [2.45, 2.75) is 26.2 Å². The van der Waals surface area contributed by atoms with Gasteiger partial charge in [-0.2, -0.15) is 9.13 Å². The van der Waals surface area contributed by atoms with Gasteiger partial charge < -0.3 is 4.74 Å². The van der Waals surface area contributed by atoms with Crippen LogP contribution >= 0.6 is 0 Å². The molecule has 0 N–H and O–H groups in total. The molecule has 0 saturated heterocycles. The Kier molecular flexibility index (Phi) is 7.35. The molecule has 11 rings (SSSR count). The van der Waals surface area contributed by atoms with E-state index >= 15 is 0 Å². The minimum absolute atomic E-state index is 0.00356. The Bertz CT molecular complexity index is 3210. The summed E-state index contributed by atoms with van der Waals surface area (Å²) in [6, 6.07) is 60.6. The van der Waals surface area contributed by atoms with Gasteiger partial charge in [0, 0.05) is 40.2 Å². The molecule has 0 spiro atoms. The minimum Gasteiger partial charge on any atom is -0.457 e. The highest BCUT2D eigenvalue weighted by atomic mass is 16.5. The Morgan fingerprint density at radius 1 is 0.509 bits per heavy atom. The van der Waals surface area contributed by atoms with Crippen molar-refractivity contribution in [1.29, 1.82) is 0 Å². The first-order chi connectivity index (χ1) is 27.9. The van der Waals surface area contributed by atoms with Gasteiger partial charge in [-0.05, 0) is 93.9 Å². The van der Waals surface area contributed by atoms with Crippen LogP contribution in [-0.4, -0.2) is 14.1 Å². The van der Waals surface area contributed by atoms with Crippen LogP contribution in [0.3, 0.4) is 0 Å². The number of aromatic nitrogens is 4. The van der Waals surface area contributed by atoms with E-state index in [1.165, 1.54) is 44.3 Å². The molecule has 0 atom stereocenters. The van der Waals surface area contributed by atoms with E-state index in [0.717, 1.165) is 56.1 Å². The molecule has 10 aromatic rings. The Balaban J connectivity index is 1.05. The van der Waals surface area contributed by atoms with Crippen LogP contribution < -0.4 is 9.30 Å². The number of rotatable bonds is 4. The van der Waals surface area contributed by atoms with Crippen LogP contribution in [0.15, 0.2) is 182 Å². The lowest BCUT2D eigenvalue weighted by atomic mass is 9.88. The molecule has 5 heteroatoms. The normalized spacial score (nSPS) is 12.1. The lowest BCUT2D eigenvalue weighted by Gasteiger charge is -2.20. The number of imidazole rings is 1. The molecule has 1 aliphatic rings. The van der Waals surface area contributed by atoms with Gasteiger partial charge in [-0.1, -0.05) is 118 Å². The van der Waals surface area contributed by atoms with Crippen molar-refractivity contribution in [3.05, 3.63) is 188 Å². The molecular formula is C52H39N4O+. The zero-order chi connectivity index (χ0) is 38.3. The van der Waals surface area contributed by atoms with Gasteiger partial charge in [0.25, 0.3) is 6.33 Å². The van der Waals surface area contributed by atoms with Crippen LogP contribution in [0.25, 0.3) is 83.4 Å². The number of ether oxygens (including phenoxy) is 1. The van der Waals surface area contributed by atoms with Crippen LogP contribution in [0.1, 0.15) is 26.3 Å². The fourth-order valence-corrected chi connectivity index (χ4v) is 8.74. The third kappa shape index (κ3) is 5.31. The molecule has 5 nitrogen and oxygen atoms in total. The molecule has 0 unspecified atom stereocenters. The topological polar surface area (TPSA) is 35.9 Å². The summed E-state index contributed by atoms with van der Waals surface area (Å²) in [5, 5.41) is 2.34. The van der Waals surface area contributed by atoms with Gasteiger partial charge in [0.15, 0.2) is 11.0 Å². The first-order valence-electron chi connectivity index (χ1n) is 19.5. The highest BCUT2D eigenvalue weighted by molar-refractivity contribution is 6.09. The van der Waals surface area contributed by atoms with Crippen molar-refractivity contribution in [2.24, 2.45) is 0 Å². The molecule has 0 bridgehead atoms. The number of para-hydroxylation sites is 3. The van der Waals surface area contributed by atoms with Gasteiger partial charge in [-0.15, -0.1) is 0 Å². The van der Waals surface area contributed by atoms with Crippen molar-refractivity contribution in [1.82, 2.24) is 14.1 Å². The van der Waals surface area contributed by atoms with E-state index in [2.05, 4.69) is 205 Å². The molecule has 0 aliphatic carbocycles. The molecule has 7 aromatic carbocycles. The Morgan fingerprint density at radius 2 is 1.12 bits per heavy atom. The van der Waals surface area contributed by atoms with E-state index in [1.54, 1.807) is 0 Å². The molecule has 272 valence electrons. The molecular weight excluding hydrogens is 697 g/mol. The maximum atomic E-state index is 6.74. The van der Waals surface area contributed by atoms with E-state index in [0.29, 0.717) is 0 Å². The molecule has 0 fully saturated rings. The fraction of sp³-hybridized carbons (Fsp3) is 0.0769. The fourth-order valence-electron chi connectivity index (χ4n) is 8.74. The molecule has 4 heterocycles. The SMILES string of the molecule is CC(C)(C)c1ccnc(-n2c3ccccc3c3ccc(Oc4cccc(-n5c[n+]6c7c(cccc75)-c5ccccc5-c5ccccc5-c5ccccc5-6)c4)cc32)c1. The van der Waals surface area contributed by atoms with E-state index in [9.17, 15) is 0 Å². The Hall–Kier alpha value is -7.24. The quantitative estimate of drug-likeness (QED) is 0.169. The summed E-state index contributed by atoms with van der Waals surface area (Å²) < 4.78 is 13.6. The van der Waals surface area contributed by atoms with Gasteiger partial charge in [0.1, 0.15) is 28.7 Å². The number of hydrogen-bond acceptors (Lipinski definition) is 2. The Labute approximate surface area is 331 Å². The maximum absolute atomic E-state index is 6.74. The summed E-state index contributed by atoms with van der Waals surface area (Å²) in [4.78, 5) is 4.87. The highest BCUT2D eigenvalue weighted by Crippen LogP contribution is 2.43. The Morgan fingerprint density at radius 3 is 1.91 bits per heavy atom. The van der Waals surface area contributed by atoms with E-state index < -0.39 is 0 Å². The number of pyridine rings is 1. The van der Waals surface area contributed by atoms with Crippen LogP contribution in [0.4, 0.5) is 0 Å². The lowest BCUT2D eigenvalue weighted by molar-refractivity contribution is -0.566. The van der Waals surface area contributed by atoms with E-state index in [4.69, 9.17) is 9.72 Å². The highest BCUT2D eigenvalue weighted by Gasteiger charge is 2.28. The first kappa shape index (κ1) is 33.1. The van der Waals surface area contributed by atoms with Crippen molar-refractivity contribution >= 4 is 32.8 Å². The summed E-state index contributed by atoms with van der Waals surface area (Å²) in [6.07, 6.45) is 4.15. The predicted molar refractivity (Wildman–Crippen MR) is 232 cm³/mol. The van der Waals surface area contributed by atoms with Crippen molar-refractivity contribution in [2.75, 3.05) is 0 Å². The second-order valence-electron chi connectivity index (χ2n) is 15.9. The van der Waals surface area contributed by atoms with Gasteiger partial charge in [0.05, 0.1) is 11.0 Å². The zero-order valence-corrected chi connectivity index (χ0v) is 32.0. The molecule has 0 amide bonds. The standard InChI is InChI=1S/C52H39N4O/c1-52(2,3)34-28-29-53-50(30-34)56-47-24-11-9-21-43(47)44-27-26-37(32-49(44)56)57-36-15-12-14-35(31-36)54-33-55-46-23-10-8-20-42(46)40-18-6-4-16-38(40)39-17-5-7-19-41(39)45-22-13-25-48(54)51(45)55/h4-33H,1-3H3/q+1. The number of fused-ring (bicyclic) bond motifs is 10. The predicted octanol–water partition coefficient (Wildman–Crippen LogP) is 12.8. The number of hydrogen-bond donors (Lipinski definition) is 0. The van der Waals surface area contributed by atoms with Gasteiger partial charge in [-0.25, -0.2) is 4.98 Å². The lowest BCUT2D eigenvalue weighted by Crippen LogP contribution is -2.30. The second-order valence-corrected chi connectivity index (χ2v) is 15.9.